The highest BCUT2D eigenvalue weighted by atomic mass is 127. The Balaban J connectivity index is 0.00000220. The number of guanidine groups is 1. The molecule has 21 heavy (non-hydrogen) atoms. The molecule has 0 aliphatic carbocycles. The summed E-state index contributed by atoms with van der Waals surface area (Å²) in [5.41, 5.74) is 1.18. The number of benzene rings is 1. The number of halogens is 1. The number of ether oxygens (including phenoxy) is 2. The molecule has 0 radical (unpaired) electrons. The van der Waals surface area contributed by atoms with Gasteiger partial charge in [-0.05, 0) is 31.0 Å². The number of hydrogen-bond acceptors (Lipinski definition) is 4. The molecule has 0 saturated heterocycles. The highest BCUT2D eigenvalue weighted by Gasteiger charge is 2.12. The molecule has 1 heterocycles. The van der Waals surface area contributed by atoms with Crippen molar-refractivity contribution in [2.24, 2.45) is 4.99 Å². The topological polar surface area (TPSA) is 75.1 Å². The van der Waals surface area contributed by atoms with E-state index in [0.29, 0.717) is 13.3 Å². The monoisotopic (exact) mass is 407 g/mol. The van der Waals surface area contributed by atoms with Crippen LogP contribution in [0, 0.1) is 0 Å². The van der Waals surface area contributed by atoms with Gasteiger partial charge in [0, 0.05) is 13.1 Å². The van der Waals surface area contributed by atoms with Gasteiger partial charge in [-0.3, -0.25) is 4.99 Å². The first-order chi connectivity index (χ1) is 9.83. The van der Waals surface area contributed by atoms with E-state index in [1.54, 1.807) is 0 Å². The Morgan fingerprint density at radius 3 is 2.86 bits per heavy atom. The van der Waals surface area contributed by atoms with E-state index in [4.69, 9.17) is 14.6 Å². The predicted molar refractivity (Wildman–Crippen MR) is 92.8 cm³/mol. The maximum Gasteiger partial charge on any atom is 0.231 e. The maximum absolute atomic E-state index is 8.79. The van der Waals surface area contributed by atoms with E-state index in [1.165, 1.54) is 5.56 Å². The van der Waals surface area contributed by atoms with Crippen LogP contribution < -0.4 is 20.1 Å². The highest BCUT2D eigenvalue weighted by molar-refractivity contribution is 14.0. The zero-order valence-electron chi connectivity index (χ0n) is 12.1. The van der Waals surface area contributed by atoms with Crippen molar-refractivity contribution in [2.45, 2.75) is 13.3 Å². The van der Waals surface area contributed by atoms with Crippen LogP contribution in [0.3, 0.4) is 0 Å². The number of aliphatic imine (C=N–C) groups is 1. The van der Waals surface area contributed by atoms with Gasteiger partial charge in [-0.15, -0.1) is 24.0 Å². The summed E-state index contributed by atoms with van der Waals surface area (Å²) in [4.78, 5) is 4.22. The Labute approximate surface area is 142 Å². The van der Waals surface area contributed by atoms with Gasteiger partial charge in [0.05, 0.1) is 13.2 Å². The number of aliphatic hydroxyl groups excluding tert-OH is 1. The van der Waals surface area contributed by atoms with Crippen molar-refractivity contribution in [1.29, 1.82) is 0 Å². The molecule has 0 aromatic heterocycles. The molecule has 7 heteroatoms. The fraction of sp³-hybridized carbons (Fsp3) is 0.500. The SMILES string of the molecule is CCNC(=NCCO)NCCc1ccc2c(c1)OCO2.I. The van der Waals surface area contributed by atoms with E-state index in [9.17, 15) is 0 Å². The molecular formula is C14H22IN3O3. The molecule has 0 unspecified atom stereocenters. The molecule has 2 rings (SSSR count). The average molecular weight is 407 g/mol. The van der Waals surface area contributed by atoms with Gasteiger partial charge in [0.15, 0.2) is 17.5 Å². The third kappa shape index (κ3) is 5.58. The van der Waals surface area contributed by atoms with Crippen molar-refractivity contribution in [3.05, 3.63) is 23.8 Å². The van der Waals surface area contributed by atoms with Crippen LogP contribution in [-0.2, 0) is 6.42 Å². The molecular weight excluding hydrogens is 385 g/mol. The third-order valence-electron chi connectivity index (χ3n) is 2.86. The smallest absolute Gasteiger partial charge is 0.231 e. The van der Waals surface area contributed by atoms with Crippen molar-refractivity contribution >= 4 is 29.9 Å². The third-order valence-corrected chi connectivity index (χ3v) is 2.86. The molecule has 1 aliphatic heterocycles. The molecule has 0 amide bonds. The van der Waals surface area contributed by atoms with Gasteiger partial charge in [0.1, 0.15) is 0 Å². The summed E-state index contributed by atoms with van der Waals surface area (Å²) >= 11 is 0. The van der Waals surface area contributed by atoms with Crippen molar-refractivity contribution < 1.29 is 14.6 Å². The zero-order valence-corrected chi connectivity index (χ0v) is 14.4. The Kier molecular flexibility index (Phi) is 8.21. The van der Waals surface area contributed by atoms with E-state index in [1.807, 2.05) is 25.1 Å². The van der Waals surface area contributed by atoms with Crippen LogP contribution >= 0.6 is 24.0 Å². The number of nitrogens with zero attached hydrogens (tertiary/aromatic N) is 1. The largest absolute Gasteiger partial charge is 0.454 e. The van der Waals surface area contributed by atoms with Gasteiger partial charge in [-0.25, -0.2) is 0 Å². The maximum atomic E-state index is 8.79. The molecule has 1 aromatic carbocycles. The van der Waals surface area contributed by atoms with Crippen molar-refractivity contribution in [1.82, 2.24) is 10.6 Å². The van der Waals surface area contributed by atoms with Gasteiger partial charge >= 0.3 is 0 Å². The Hall–Kier alpha value is -1.22. The number of nitrogens with one attached hydrogen (secondary N) is 2. The van der Waals surface area contributed by atoms with Crippen LogP contribution in [0.1, 0.15) is 12.5 Å². The number of aliphatic hydroxyl groups is 1. The van der Waals surface area contributed by atoms with Crippen LogP contribution in [0.5, 0.6) is 11.5 Å². The molecule has 118 valence electrons. The lowest BCUT2D eigenvalue weighted by atomic mass is 10.1. The van der Waals surface area contributed by atoms with E-state index >= 15 is 0 Å². The summed E-state index contributed by atoms with van der Waals surface area (Å²) in [5.74, 6) is 2.34. The first-order valence-electron chi connectivity index (χ1n) is 6.85. The summed E-state index contributed by atoms with van der Waals surface area (Å²) in [6.07, 6.45) is 0.861. The minimum Gasteiger partial charge on any atom is -0.454 e. The normalized spacial score (nSPS) is 12.8. The van der Waals surface area contributed by atoms with Crippen molar-refractivity contribution in [3.8, 4) is 11.5 Å². The summed E-state index contributed by atoms with van der Waals surface area (Å²) in [6.45, 7) is 4.32. The standard InChI is InChI=1S/C14H21N3O3.HI/c1-2-15-14(17-7-8-18)16-6-5-11-3-4-12-13(9-11)20-10-19-12;/h3-4,9,18H,2,5-8,10H2,1H3,(H2,15,16,17);1H. The molecule has 0 saturated carbocycles. The van der Waals surface area contributed by atoms with Gasteiger partial charge < -0.3 is 25.2 Å². The molecule has 1 aliphatic rings. The Morgan fingerprint density at radius 2 is 2.10 bits per heavy atom. The zero-order chi connectivity index (χ0) is 14.2. The Bertz CT molecular complexity index is 469. The van der Waals surface area contributed by atoms with E-state index in [2.05, 4.69) is 15.6 Å². The van der Waals surface area contributed by atoms with Crippen molar-refractivity contribution in [3.63, 3.8) is 0 Å². The molecule has 0 bridgehead atoms. The quantitative estimate of drug-likeness (QED) is 0.375. The number of rotatable bonds is 6. The fourth-order valence-corrected chi connectivity index (χ4v) is 1.93. The van der Waals surface area contributed by atoms with Crippen LogP contribution in [0.25, 0.3) is 0 Å². The van der Waals surface area contributed by atoms with Crippen LogP contribution in [0.4, 0.5) is 0 Å². The van der Waals surface area contributed by atoms with E-state index in [0.717, 1.165) is 37.0 Å². The molecule has 0 atom stereocenters. The molecule has 3 N–H and O–H groups in total. The lowest BCUT2D eigenvalue weighted by Crippen LogP contribution is -2.38. The summed E-state index contributed by atoms with van der Waals surface area (Å²) in [7, 11) is 0. The molecule has 0 spiro atoms. The van der Waals surface area contributed by atoms with Crippen molar-refractivity contribution in [2.75, 3.05) is 33.0 Å². The lowest BCUT2D eigenvalue weighted by Gasteiger charge is -2.11. The van der Waals surface area contributed by atoms with Gasteiger partial charge in [-0.2, -0.15) is 0 Å². The first kappa shape index (κ1) is 17.8. The highest BCUT2D eigenvalue weighted by Crippen LogP contribution is 2.32. The lowest BCUT2D eigenvalue weighted by molar-refractivity contribution is 0.174. The number of hydrogen-bond donors (Lipinski definition) is 3. The van der Waals surface area contributed by atoms with Crippen LogP contribution in [0.2, 0.25) is 0 Å². The Morgan fingerprint density at radius 1 is 1.29 bits per heavy atom. The molecule has 1 aromatic rings. The van der Waals surface area contributed by atoms with Gasteiger partial charge in [0.2, 0.25) is 6.79 Å². The minimum absolute atomic E-state index is 0. The molecule has 6 nitrogen and oxygen atoms in total. The summed E-state index contributed by atoms with van der Waals surface area (Å²) < 4.78 is 10.6. The van der Waals surface area contributed by atoms with Crippen LogP contribution in [0.15, 0.2) is 23.2 Å². The minimum atomic E-state index is 0. The van der Waals surface area contributed by atoms with Gasteiger partial charge in [-0.1, -0.05) is 6.07 Å². The van der Waals surface area contributed by atoms with E-state index < -0.39 is 0 Å². The second kappa shape index (κ2) is 9.67. The van der Waals surface area contributed by atoms with Crippen LogP contribution in [-0.4, -0.2) is 44.1 Å². The summed E-state index contributed by atoms with van der Waals surface area (Å²) in [6, 6.07) is 5.97. The fourth-order valence-electron chi connectivity index (χ4n) is 1.93. The summed E-state index contributed by atoms with van der Waals surface area (Å²) in [5, 5.41) is 15.1. The second-order valence-corrected chi connectivity index (χ2v) is 4.35. The predicted octanol–water partition coefficient (Wildman–Crippen LogP) is 1.12. The first-order valence-corrected chi connectivity index (χ1v) is 6.85. The number of fused-ring (bicyclic) bond motifs is 1. The average Bonchev–Trinajstić information content (AvgIpc) is 2.92. The van der Waals surface area contributed by atoms with E-state index in [-0.39, 0.29) is 30.6 Å². The molecule has 0 fully saturated rings. The van der Waals surface area contributed by atoms with Gasteiger partial charge in [0.25, 0.3) is 0 Å². The second-order valence-electron chi connectivity index (χ2n) is 4.35.